The minimum Gasteiger partial charge on any atom is -0.441 e. The average molecular weight is 385 g/mol. The van der Waals surface area contributed by atoms with Gasteiger partial charge in [0.1, 0.15) is 35.2 Å². The van der Waals surface area contributed by atoms with Crippen molar-refractivity contribution in [3.05, 3.63) is 53.4 Å². The third kappa shape index (κ3) is 2.96. The quantitative estimate of drug-likeness (QED) is 0.677. The predicted molar refractivity (Wildman–Crippen MR) is 92.8 cm³/mol. The summed E-state index contributed by atoms with van der Waals surface area (Å²) in [5, 5.41) is 4.17. The summed E-state index contributed by atoms with van der Waals surface area (Å²) < 4.78 is 34.5. The Morgan fingerprint density at radius 1 is 1.18 bits per heavy atom. The van der Waals surface area contributed by atoms with Crippen LogP contribution < -0.4 is 0 Å². The molecule has 3 aromatic rings. The Bertz CT molecular complexity index is 1040. The molecule has 1 unspecified atom stereocenters. The van der Waals surface area contributed by atoms with Gasteiger partial charge in [-0.15, -0.1) is 0 Å². The Morgan fingerprint density at radius 2 is 2.00 bits per heavy atom. The number of hydrogen-bond acceptors (Lipinski definition) is 5. The Hall–Kier alpha value is -3.10. The van der Waals surface area contributed by atoms with Crippen molar-refractivity contribution in [2.24, 2.45) is 5.92 Å². The summed E-state index contributed by atoms with van der Waals surface area (Å²) in [6.07, 6.45) is 3.51. The Balaban J connectivity index is 1.34. The fourth-order valence-electron chi connectivity index (χ4n) is 3.88. The van der Waals surface area contributed by atoms with Gasteiger partial charge in [0.2, 0.25) is 11.8 Å². The molecule has 0 aliphatic carbocycles. The lowest BCUT2D eigenvalue weighted by atomic mass is 9.97. The van der Waals surface area contributed by atoms with Crippen LogP contribution in [0.4, 0.5) is 8.78 Å². The molecular formula is C19H17F2N5O2. The Kier molecular flexibility index (Phi) is 3.96. The van der Waals surface area contributed by atoms with Gasteiger partial charge in [-0.3, -0.25) is 4.79 Å². The highest BCUT2D eigenvalue weighted by atomic mass is 19.1. The van der Waals surface area contributed by atoms with Crippen LogP contribution in [0.2, 0.25) is 0 Å². The molecule has 2 aliphatic heterocycles. The fraction of sp³-hybridized carbons (Fsp3) is 0.368. The van der Waals surface area contributed by atoms with Gasteiger partial charge < -0.3 is 9.32 Å². The van der Waals surface area contributed by atoms with E-state index in [9.17, 15) is 13.6 Å². The minimum absolute atomic E-state index is 0.0631. The first-order valence-electron chi connectivity index (χ1n) is 9.17. The molecule has 0 bridgehead atoms. The summed E-state index contributed by atoms with van der Waals surface area (Å²) in [7, 11) is 0. The molecule has 1 aromatic carbocycles. The summed E-state index contributed by atoms with van der Waals surface area (Å²) in [6.45, 7) is 1.39. The normalized spacial score (nSPS) is 18.6. The van der Waals surface area contributed by atoms with E-state index in [1.807, 2.05) is 0 Å². The van der Waals surface area contributed by atoms with E-state index in [-0.39, 0.29) is 23.3 Å². The smallest absolute Gasteiger partial charge is 0.227 e. The average Bonchev–Trinajstić information content (AvgIpc) is 3.32. The molecule has 5 rings (SSSR count). The molecule has 1 amide bonds. The monoisotopic (exact) mass is 385 g/mol. The summed E-state index contributed by atoms with van der Waals surface area (Å²) >= 11 is 0. The number of carbonyl (C=O) groups is 1. The number of hydrogen-bond donors (Lipinski definition) is 0. The maximum absolute atomic E-state index is 13.5. The number of aryl methyl sites for hydroxylation is 1. The number of nitrogens with zero attached hydrogens (tertiary/aromatic N) is 5. The summed E-state index contributed by atoms with van der Waals surface area (Å²) in [6, 6.07) is 3.17. The van der Waals surface area contributed by atoms with E-state index >= 15 is 0 Å². The molecule has 0 N–H and O–H groups in total. The van der Waals surface area contributed by atoms with Gasteiger partial charge in [-0.05, 0) is 18.6 Å². The van der Waals surface area contributed by atoms with Crippen LogP contribution >= 0.6 is 0 Å². The highest BCUT2D eigenvalue weighted by Crippen LogP contribution is 2.29. The summed E-state index contributed by atoms with van der Waals surface area (Å²) in [5.74, 6) is 0.287. The Labute approximate surface area is 159 Å². The second kappa shape index (κ2) is 6.50. The standard InChI is InChI=1S/C19H17F2N5O2/c20-13-5-12(6-14(21)7-13)18-24-15-9-25(4-3-16(15)28-18)19(27)11-1-2-17-22-10-23-26(17)8-11/h5-7,10-11H,1-4,8-9H2. The Morgan fingerprint density at radius 3 is 2.82 bits per heavy atom. The van der Waals surface area contributed by atoms with E-state index in [4.69, 9.17) is 4.42 Å². The molecule has 7 nitrogen and oxygen atoms in total. The third-order valence-electron chi connectivity index (χ3n) is 5.30. The molecule has 0 fully saturated rings. The zero-order chi connectivity index (χ0) is 19.3. The van der Waals surface area contributed by atoms with E-state index in [1.165, 1.54) is 18.5 Å². The number of benzene rings is 1. The molecule has 0 saturated heterocycles. The van der Waals surface area contributed by atoms with Crippen LogP contribution in [-0.2, 0) is 30.7 Å². The van der Waals surface area contributed by atoms with Crippen molar-refractivity contribution >= 4 is 5.91 Å². The van der Waals surface area contributed by atoms with Crippen LogP contribution in [0.3, 0.4) is 0 Å². The van der Waals surface area contributed by atoms with Crippen molar-refractivity contribution < 1.29 is 18.0 Å². The van der Waals surface area contributed by atoms with Gasteiger partial charge >= 0.3 is 0 Å². The highest BCUT2D eigenvalue weighted by molar-refractivity contribution is 5.79. The lowest BCUT2D eigenvalue weighted by Crippen LogP contribution is -2.42. The molecule has 0 radical (unpaired) electrons. The summed E-state index contributed by atoms with van der Waals surface area (Å²) in [4.78, 5) is 23.3. The fourth-order valence-corrected chi connectivity index (χ4v) is 3.88. The highest BCUT2D eigenvalue weighted by Gasteiger charge is 2.32. The maximum Gasteiger partial charge on any atom is 0.227 e. The zero-order valence-electron chi connectivity index (χ0n) is 14.9. The van der Waals surface area contributed by atoms with E-state index in [0.717, 1.165) is 24.7 Å². The predicted octanol–water partition coefficient (Wildman–Crippen LogP) is 2.36. The van der Waals surface area contributed by atoms with Crippen LogP contribution in [0.15, 0.2) is 28.9 Å². The van der Waals surface area contributed by atoms with E-state index in [2.05, 4.69) is 15.1 Å². The number of fused-ring (bicyclic) bond motifs is 2. The van der Waals surface area contributed by atoms with E-state index in [1.54, 1.807) is 9.58 Å². The molecule has 0 saturated carbocycles. The molecule has 2 aliphatic rings. The summed E-state index contributed by atoms with van der Waals surface area (Å²) in [5.41, 5.74) is 0.882. The van der Waals surface area contributed by atoms with E-state index in [0.29, 0.717) is 37.5 Å². The van der Waals surface area contributed by atoms with Crippen molar-refractivity contribution in [1.82, 2.24) is 24.6 Å². The van der Waals surface area contributed by atoms with Gasteiger partial charge in [0.05, 0.1) is 19.0 Å². The first kappa shape index (κ1) is 17.0. The molecule has 0 spiro atoms. The van der Waals surface area contributed by atoms with Crippen molar-refractivity contribution in [3.63, 3.8) is 0 Å². The maximum atomic E-state index is 13.5. The number of oxazole rings is 1. The molecule has 9 heteroatoms. The van der Waals surface area contributed by atoms with Gasteiger partial charge in [-0.25, -0.2) is 23.4 Å². The lowest BCUT2D eigenvalue weighted by Gasteiger charge is -2.31. The number of carbonyl (C=O) groups excluding carboxylic acids is 1. The molecule has 2 aromatic heterocycles. The first-order valence-corrected chi connectivity index (χ1v) is 9.17. The van der Waals surface area contributed by atoms with Crippen molar-refractivity contribution in [1.29, 1.82) is 0 Å². The SMILES string of the molecule is O=C(C1CCc2ncnn2C1)N1CCc2oc(-c3cc(F)cc(F)c3)nc2C1. The van der Waals surface area contributed by atoms with Gasteiger partial charge in [-0.2, -0.15) is 5.10 Å². The first-order chi connectivity index (χ1) is 13.6. The van der Waals surface area contributed by atoms with Crippen LogP contribution in [-0.4, -0.2) is 37.1 Å². The van der Waals surface area contributed by atoms with Crippen LogP contribution in [0.1, 0.15) is 23.7 Å². The van der Waals surface area contributed by atoms with Gasteiger partial charge in [0.25, 0.3) is 0 Å². The number of rotatable bonds is 2. The third-order valence-corrected chi connectivity index (χ3v) is 5.30. The van der Waals surface area contributed by atoms with Gasteiger partial charge in [0, 0.05) is 31.0 Å². The van der Waals surface area contributed by atoms with Crippen LogP contribution in [0.5, 0.6) is 0 Å². The minimum atomic E-state index is -0.687. The second-order valence-electron chi connectivity index (χ2n) is 7.15. The number of amides is 1. The molecule has 28 heavy (non-hydrogen) atoms. The van der Waals surface area contributed by atoms with E-state index < -0.39 is 11.6 Å². The molecule has 4 heterocycles. The van der Waals surface area contributed by atoms with Crippen LogP contribution in [0.25, 0.3) is 11.5 Å². The number of halogens is 2. The molecule has 1 atom stereocenters. The number of aromatic nitrogens is 4. The second-order valence-corrected chi connectivity index (χ2v) is 7.15. The van der Waals surface area contributed by atoms with Gasteiger partial charge in [0.15, 0.2) is 0 Å². The van der Waals surface area contributed by atoms with Crippen LogP contribution in [0, 0.1) is 17.6 Å². The van der Waals surface area contributed by atoms with Crippen molar-refractivity contribution in [3.8, 4) is 11.5 Å². The molecule has 144 valence electrons. The van der Waals surface area contributed by atoms with Gasteiger partial charge in [-0.1, -0.05) is 0 Å². The lowest BCUT2D eigenvalue weighted by molar-refractivity contribution is -0.137. The zero-order valence-corrected chi connectivity index (χ0v) is 14.9. The van der Waals surface area contributed by atoms with Crippen molar-refractivity contribution in [2.45, 2.75) is 32.4 Å². The van der Waals surface area contributed by atoms with Crippen molar-refractivity contribution in [2.75, 3.05) is 6.54 Å². The largest absolute Gasteiger partial charge is 0.441 e. The molecular weight excluding hydrogens is 368 g/mol. The topological polar surface area (TPSA) is 77.0 Å².